The molecule has 1 aliphatic heterocycles. The molecule has 2 rings (SSSR count). The number of hydrogen-bond donors (Lipinski definition) is 1. The summed E-state index contributed by atoms with van der Waals surface area (Å²) in [4.78, 5) is 15.3. The van der Waals surface area contributed by atoms with Crippen LogP contribution in [0.3, 0.4) is 0 Å². The number of carbonyl (C=O) groups is 1. The molecule has 17 heavy (non-hydrogen) atoms. The second-order valence-electron chi connectivity index (χ2n) is 4.60. The van der Waals surface area contributed by atoms with Crippen molar-refractivity contribution in [2.45, 2.75) is 6.92 Å². The molecular weight excluding hydrogens is 216 g/mol. The topological polar surface area (TPSA) is 43.8 Å². The zero-order valence-corrected chi connectivity index (χ0v) is 10.3. The van der Waals surface area contributed by atoms with Gasteiger partial charge >= 0.3 is 5.97 Å². The Balaban J connectivity index is 2.21. The molecule has 0 fully saturated rings. The summed E-state index contributed by atoms with van der Waals surface area (Å²) < 4.78 is 0. The molecule has 4 heteroatoms. The van der Waals surface area contributed by atoms with Gasteiger partial charge in [-0.15, -0.1) is 0 Å². The Morgan fingerprint density at radius 3 is 2.65 bits per heavy atom. The Kier molecular flexibility index (Phi) is 3.22. The first kappa shape index (κ1) is 11.8. The van der Waals surface area contributed by atoms with Gasteiger partial charge in [-0.1, -0.05) is 19.1 Å². The number of aliphatic carboxylic acids is 1. The number of nitrogens with zero attached hydrogens (tertiary/aromatic N) is 2. The molecule has 1 N–H and O–H groups in total. The minimum Gasteiger partial charge on any atom is -0.481 e. The van der Waals surface area contributed by atoms with Crippen LogP contribution < -0.4 is 9.80 Å². The smallest absolute Gasteiger partial charge is 0.308 e. The standard InChI is InChI=1S/C13H18N2O2/c1-10(13(16)17)9-15-8-7-14(2)11-5-3-4-6-12(11)15/h3-6,10H,7-9H2,1-2H3,(H,16,17). The van der Waals surface area contributed by atoms with E-state index < -0.39 is 5.97 Å². The van der Waals surface area contributed by atoms with Crippen molar-refractivity contribution in [3.63, 3.8) is 0 Å². The summed E-state index contributed by atoms with van der Waals surface area (Å²) in [6.45, 7) is 4.14. The molecule has 1 aromatic carbocycles. The fourth-order valence-electron chi connectivity index (χ4n) is 2.16. The number of benzene rings is 1. The number of fused-ring (bicyclic) bond motifs is 1. The lowest BCUT2D eigenvalue weighted by molar-refractivity contribution is -0.140. The summed E-state index contributed by atoms with van der Waals surface area (Å²) in [5.74, 6) is -1.08. The maximum Gasteiger partial charge on any atom is 0.308 e. The van der Waals surface area contributed by atoms with Crippen molar-refractivity contribution in [3.05, 3.63) is 24.3 Å². The van der Waals surface area contributed by atoms with E-state index in [0.717, 1.165) is 18.8 Å². The van der Waals surface area contributed by atoms with E-state index in [-0.39, 0.29) is 5.92 Å². The Bertz CT molecular complexity index is 420. The van der Waals surface area contributed by atoms with Gasteiger partial charge < -0.3 is 14.9 Å². The monoisotopic (exact) mass is 234 g/mol. The molecule has 1 atom stereocenters. The third-order valence-corrected chi connectivity index (χ3v) is 3.25. The van der Waals surface area contributed by atoms with Crippen LogP contribution in [0, 0.1) is 5.92 Å². The fraction of sp³-hybridized carbons (Fsp3) is 0.462. The first-order valence-corrected chi connectivity index (χ1v) is 5.87. The van der Waals surface area contributed by atoms with E-state index in [1.54, 1.807) is 6.92 Å². The molecule has 1 unspecified atom stereocenters. The summed E-state index contributed by atoms with van der Waals surface area (Å²) in [5, 5.41) is 8.98. The summed E-state index contributed by atoms with van der Waals surface area (Å²) >= 11 is 0. The van der Waals surface area contributed by atoms with Crippen LogP contribution in [0.5, 0.6) is 0 Å². The molecule has 1 aliphatic rings. The van der Waals surface area contributed by atoms with Gasteiger partial charge in [-0.05, 0) is 12.1 Å². The number of para-hydroxylation sites is 2. The minimum absolute atomic E-state index is 0.341. The van der Waals surface area contributed by atoms with Gasteiger partial charge in [0.1, 0.15) is 0 Å². The molecule has 0 radical (unpaired) electrons. The maximum absolute atomic E-state index is 10.9. The van der Waals surface area contributed by atoms with Crippen LogP contribution >= 0.6 is 0 Å². The molecular formula is C13H18N2O2. The highest BCUT2D eigenvalue weighted by Gasteiger charge is 2.23. The first-order chi connectivity index (χ1) is 8.09. The maximum atomic E-state index is 10.9. The van der Waals surface area contributed by atoms with Gasteiger partial charge in [-0.25, -0.2) is 0 Å². The Labute approximate surface area is 101 Å². The molecule has 0 amide bonds. The quantitative estimate of drug-likeness (QED) is 0.864. The summed E-state index contributed by atoms with van der Waals surface area (Å²) in [6, 6.07) is 8.14. The summed E-state index contributed by atoms with van der Waals surface area (Å²) in [6.07, 6.45) is 0. The molecule has 92 valence electrons. The van der Waals surface area contributed by atoms with Gasteiger partial charge in [0.15, 0.2) is 0 Å². The zero-order valence-electron chi connectivity index (χ0n) is 10.3. The summed E-state index contributed by atoms with van der Waals surface area (Å²) in [7, 11) is 2.07. The van der Waals surface area contributed by atoms with Gasteiger partial charge in [-0.2, -0.15) is 0 Å². The van der Waals surface area contributed by atoms with E-state index in [1.165, 1.54) is 5.69 Å². The Morgan fingerprint density at radius 2 is 2.00 bits per heavy atom. The third kappa shape index (κ3) is 2.35. The normalized spacial score (nSPS) is 16.6. The lowest BCUT2D eigenvalue weighted by Gasteiger charge is -2.37. The van der Waals surface area contributed by atoms with Crippen LogP contribution in [0.1, 0.15) is 6.92 Å². The summed E-state index contributed by atoms with van der Waals surface area (Å²) in [5.41, 5.74) is 2.31. The van der Waals surface area contributed by atoms with Gasteiger partial charge in [-0.3, -0.25) is 4.79 Å². The van der Waals surface area contributed by atoms with Crippen molar-refractivity contribution in [1.29, 1.82) is 0 Å². The van der Waals surface area contributed by atoms with Crippen LogP contribution in [-0.2, 0) is 4.79 Å². The van der Waals surface area contributed by atoms with E-state index in [0.29, 0.717) is 6.54 Å². The van der Waals surface area contributed by atoms with E-state index in [4.69, 9.17) is 5.11 Å². The Hall–Kier alpha value is -1.71. The van der Waals surface area contributed by atoms with E-state index in [9.17, 15) is 4.79 Å². The van der Waals surface area contributed by atoms with Crippen molar-refractivity contribution < 1.29 is 9.90 Å². The van der Waals surface area contributed by atoms with Crippen molar-refractivity contribution in [3.8, 4) is 0 Å². The van der Waals surface area contributed by atoms with Gasteiger partial charge in [0.25, 0.3) is 0 Å². The highest BCUT2D eigenvalue weighted by Crippen LogP contribution is 2.31. The zero-order chi connectivity index (χ0) is 12.4. The van der Waals surface area contributed by atoms with Crippen LogP contribution in [0.2, 0.25) is 0 Å². The van der Waals surface area contributed by atoms with Gasteiger partial charge in [0.2, 0.25) is 0 Å². The lowest BCUT2D eigenvalue weighted by atomic mass is 10.1. The fourth-order valence-corrected chi connectivity index (χ4v) is 2.16. The van der Waals surface area contributed by atoms with Crippen molar-refractivity contribution in [1.82, 2.24) is 0 Å². The molecule has 0 saturated carbocycles. The second kappa shape index (κ2) is 4.65. The highest BCUT2D eigenvalue weighted by atomic mass is 16.4. The average molecular weight is 234 g/mol. The van der Waals surface area contributed by atoms with Crippen molar-refractivity contribution >= 4 is 17.3 Å². The predicted molar refractivity (Wildman–Crippen MR) is 68.7 cm³/mol. The molecule has 0 aromatic heterocycles. The molecule has 4 nitrogen and oxygen atoms in total. The number of anilines is 2. The second-order valence-corrected chi connectivity index (χ2v) is 4.60. The number of hydrogen-bond acceptors (Lipinski definition) is 3. The predicted octanol–water partition coefficient (Wildman–Crippen LogP) is 1.66. The number of rotatable bonds is 3. The minimum atomic E-state index is -0.735. The Morgan fingerprint density at radius 1 is 1.35 bits per heavy atom. The third-order valence-electron chi connectivity index (χ3n) is 3.25. The van der Waals surface area contributed by atoms with E-state index in [2.05, 4.69) is 29.0 Å². The lowest BCUT2D eigenvalue weighted by Crippen LogP contribution is -2.42. The van der Waals surface area contributed by atoms with Crippen molar-refractivity contribution in [2.75, 3.05) is 36.5 Å². The number of likely N-dealkylation sites (N-methyl/N-ethyl adjacent to an activating group) is 1. The van der Waals surface area contributed by atoms with Gasteiger partial charge in [0.05, 0.1) is 17.3 Å². The molecule has 1 heterocycles. The first-order valence-electron chi connectivity index (χ1n) is 5.87. The molecule has 0 saturated heterocycles. The number of carboxylic acid groups (broad SMARTS) is 1. The van der Waals surface area contributed by atoms with Crippen LogP contribution in [0.4, 0.5) is 11.4 Å². The SMILES string of the molecule is CC(CN1CCN(C)c2ccccc21)C(=O)O. The van der Waals surface area contributed by atoms with Crippen LogP contribution in [0.25, 0.3) is 0 Å². The van der Waals surface area contributed by atoms with Gasteiger partial charge in [0, 0.05) is 26.7 Å². The van der Waals surface area contributed by atoms with E-state index >= 15 is 0 Å². The van der Waals surface area contributed by atoms with E-state index in [1.807, 2.05) is 12.1 Å². The average Bonchev–Trinajstić information content (AvgIpc) is 2.33. The molecule has 0 aliphatic carbocycles. The molecule has 0 spiro atoms. The van der Waals surface area contributed by atoms with Crippen LogP contribution in [-0.4, -0.2) is 37.8 Å². The highest BCUT2D eigenvalue weighted by molar-refractivity contribution is 5.75. The molecule has 1 aromatic rings. The largest absolute Gasteiger partial charge is 0.481 e. The molecule has 0 bridgehead atoms. The van der Waals surface area contributed by atoms with Crippen molar-refractivity contribution in [2.24, 2.45) is 5.92 Å². The number of carboxylic acids is 1. The van der Waals surface area contributed by atoms with Crippen LogP contribution in [0.15, 0.2) is 24.3 Å².